The van der Waals surface area contributed by atoms with E-state index in [0.29, 0.717) is 18.6 Å². The maximum atomic E-state index is 13.4. The summed E-state index contributed by atoms with van der Waals surface area (Å²) in [6.45, 7) is 7.81. The number of aliphatic hydroxyl groups is 1. The molecule has 1 saturated heterocycles. The number of carbonyl (C=O) groups is 1. The van der Waals surface area contributed by atoms with Crippen molar-refractivity contribution >= 4 is 33.0 Å². The number of β-amino-alcohol motifs (C(OH)–C–C–N with tert-alkyl or cyclic N) is 1. The van der Waals surface area contributed by atoms with Crippen LogP contribution in [0.1, 0.15) is 51.4 Å². The predicted molar refractivity (Wildman–Crippen MR) is 118 cm³/mol. The smallest absolute Gasteiger partial charge is 0.291 e. The molecule has 3 atom stereocenters. The minimum Gasteiger partial charge on any atom is -0.392 e. The zero-order chi connectivity index (χ0) is 21.6. The van der Waals surface area contributed by atoms with Crippen LogP contribution in [0.5, 0.6) is 0 Å². The molecule has 0 saturated carbocycles. The molecule has 1 fully saturated rings. The Bertz CT molecular complexity index is 1130. The minimum absolute atomic E-state index is 0.0590. The van der Waals surface area contributed by atoms with E-state index < -0.39 is 18.1 Å². The molecule has 1 aliphatic heterocycles. The van der Waals surface area contributed by atoms with Gasteiger partial charge in [0.25, 0.3) is 5.56 Å². The lowest BCUT2D eigenvalue weighted by Gasteiger charge is -2.36. The standard InChI is InChI=1S/C21H29N5O3S/c1-12(2)19-23-26(20(29)16-9-14-6-8-30-21(14)25(16)19)17(18(22)28)15-5-4-7-24(11-15)10-13(3)27/h6,8-9,12-13,15,17,27H,4-5,7,10-11H2,1-3H3,(H2,22,28)/t13-,15+,17?/m0/s1. The lowest BCUT2D eigenvalue weighted by molar-refractivity contribution is -0.124. The zero-order valence-electron chi connectivity index (χ0n) is 17.6. The number of aromatic nitrogens is 3. The maximum absolute atomic E-state index is 13.4. The summed E-state index contributed by atoms with van der Waals surface area (Å²) in [5.74, 6) is 0.133. The first-order valence-electron chi connectivity index (χ1n) is 10.5. The molecule has 4 rings (SSSR count). The molecule has 1 amide bonds. The zero-order valence-corrected chi connectivity index (χ0v) is 18.4. The molecule has 0 bridgehead atoms. The molecular formula is C21H29N5O3S. The summed E-state index contributed by atoms with van der Waals surface area (Å²) in [4.78, 5) is 29.1. The second-order valence-electron chi connectivity index (χ2n) is 8.67. The SMILES string of the molecule is CC(C)c1nn(C(C(N)=O)[C@@H]2CCCN(C[C@H](C)O)C2)c(=O)c2cc3ccsc3n12. The summed E-state index contributed by atoms with van der Waals surface area (Å²) >= 11 is 1.57. The van der Waals surface area contributed by atoms with Crippen LogP contribution in [0, 0.1) is 5.92 Å². The van der Waals surface area contributed by atoms with Crippen LogP contribution in [0.25, 0.3) is 15.7 Å². The first kappa shape index (κ1) is 21.0. The van der Waals surface area contributed by atoms with E-state index in [4.69, 9.17) is 5.73 Å². The van der Waals surface area contributed by atoms with Crippen LogP contribution in [0.4, 0.5) is 0 Å². The number of carbonyl (C=O) groups excluding carboxylic acids is 1. The van der Waals surface area contributed by atoms with Crippen LogP contribution in [0.2, 0.25) is 0 Å². The van der Waals surface area contributed by atoms with E-state index in [2.05, 4.69) is 10.00 Å². The number of rotatable bonds is 6. The van der Waals surface area contributed by atoms with Crippen molar-refractivity contribution in [2.24, 2.45) is 11.7 Å². The number of thiophene rings is 1. The fourth-order valence-corrected chi connectivity index (χ4v) is 5.53. The molecule has 0 spiro atoms. The fraction of sp³-hybridized carbons (Fsp3) is 0.571. The Kier molecular flexibility index (Phi) is 5.69. The first-order chi connectivity index (χ1) is 14.3. The summed E-state index contributed by atoms with van der Waals surface area (Å²) < 4.78 is 3.25. The van der Waals surface area contributed by atoms with Gasteiger partial charge in [-0.2, -0.15) is 5.10 Å². The average molecular weight is 432 g/mol. The van der Waals surface area contributed by atoms with Gasteiger partial charge in [-0.1, -0.05) is 13.8 Å². The van der Waals surface area contributed by atoms with E-state index in [1.807, 2.05) is 35.8 Å². The third kappa shape index (κ3) is 3.66. The van der Waals surface area contributed by atoms with Crippen LogP contribution in [0.15, 0.2) is 22.3 Å². The fourth-order valence-electron chi connectivity index (χ4n) is 4.63. The van der Waals surface area contributed by atoms with Crippen molar-refractivity contribution in [2.75, 3.05) is 19.6 Å². The number of hydrogen-bond donors (Lipinski definition) is 2. The minimum atomic E-state index is -0.815. The summed E-state index contributed by atoms with van der Waals surface area (Å²) in [5, 5.41) is 17.4. The molecule has 9 heteroatoms. The van der Waals surface area contributed by atoms with E-state index in [1.54, 1.807) is 18.3 Å². The van der Waals surface area contributed by atoms with Gasteiger partial charge in [-0.3, -0.25) is 14.0 Å². The molecule has 30 heavy (non-hydrogen) atoms. The number of likely N-dealkylation sites (tertiary alicyclic amines) is 1. The Labute approximate surface area is 178 Å². The molecule has 0 radical (unpaired) electrons. The highest BCUT2D eigenvalue weighted by Crippen LogP contribution is 2.30. The molecule has 3 aromatic rings. The van der Waals surface area contributed by atoms with Gasteiger partial charge < -0.3 is 15.7 Å². The van der Waals surface area contributed by atoms with E-state index in [0.717, 1.165) is 35.4 Å². The van der Waals surface area contributed by atoms with Crippen LogP contribution >= 0.6 is 11.3 Å². The Balaban J connectivity index is 1.84. The van der Waals surface area contributed by atoms with Crippen molar-refractivity contribution < 1.29 is 9.90 Å². The molecular weight excluding hydrogens is 402 g/mol. The molecule has 4 heterocycles. The van der Waals surface area contributed by atoms with E-state index >= 15 is 0 Å². The monoisotopic (exact) mass is 431 g/mol. The number of piperidine rings is 1. The molecule has 1 unspecified atom stereocenters. The normalized spacial score (nSPS) is 20.2. The molecule has 1 aliphatic rings. The maximum Gasteiger partial charge on any atom is 0.291 e. The summed E-state index contributed by atoms with van der Waals surface area (Å²) in [6.07, 6.45) is 1.22. The van der Waals surface area contributed by atoms with Crippen LogP contribution in [-0.2, 0) is 4.79 Å². The predicted octanol–water partition coefficient (Wildman–Crippen LogP) is 1.95. The Morgan fingerprint density at radius 2 is 2.17 bits per heavy atom. The van der Waals surface area contributed by atoms with Crippen molar-refractivity contribution in [2.45, 2.75) is 51.7 Å². The number of amides is 1. The van der Waals surface area contributed by atoms with Gasteiger partial charge in [-0.05, 0) is 43.8 Å². The number of nitrogens with zero attached hydrogens (tertiary/aromatic N) is 4. The number of fused-ring (bicyclic) bond motifs is 3. The van der Waals surface area contributed by atoms with Crippen molar-refractivity contribution in [3.63, 3.8) is 0 Å². The highest BCUT2D eigenvalue weighted by atomic mass is 32.1. The van der Waals surface area contributed by atoms with Crippen molar-refractivity contribution in [1.82, 2.24) is 19.1 Å². The third-order valence-corrected chi connectivity index (χ3v) is 6.77. The van der Waals surface area contributed by atoms with Gasteiger partial charge >= 0.3 is 0 Å². The van der Waals surface area contributed by atoms with Gasteiger partial charge in [0.15, 0.2) is 0 Å². The second-order valence-corrected chi connectivity index (χ2v) is 9.56. The van der Waals surface area contributed by atoms with E-state index in [1.165, 1.54) is 4.68 Å². The number of aliphatic hydroxyl groups excluding tert-OH is 1. The van der Waals surface area contributed by atoms with E-state index in [-0.39, 0.29) is 17.4 Å². The lowest BCUT2D eigenvalue weighted by atomic mass is 9.90. The molecule has 162 valence electrons. The number of nitrogens with two attached hydrogens (primary N) is 1. The van der Waals surface area contributed by atoms with E-state index in [9.17, 15) is 14.7 Å². The summed E-state index contributed by atoms with van der Waals surface area (Å²) in [5.41, 5.74) is 6.06. The Hall–Kier alpha value is -2.23. The average Bonchev–Trinajstić information content (AvgIpc) is 3.25. The van der Waals surface area contributed by atoms with Gasteiger partial charge in [0, 0.05) is 30.3 Å². The Morgan fingerprint density at radius 1 is 1.40 bits per heavy atom. The van der Waals surface area contributed by atoms with Crippen LogP contribution in [0.3, 0.4) is 0 Å². The third-order valence-electron chi connectivity index (χ3n) is 5.86. The van der Waals surface area contributed by atoms with Crippen LogP contribution in [-0.4, -0.2) is 55.8 Å². The van der Waals surface area contributed by atoms with Crippen molar-refractivity contribution in [3.05, 3.63) is 33.7 Å². The number of primary amides is 1. The van der Waals surface area contributed by atoms with Gasteiger partial charge in [0.05, 0.1) is 6.10 Å². The molecule has 0 aliphatic carbocycles. The van der Waals surface area contributed by atoms with Crippen molar-refractivity contribution in [1.29, 1.82) is 0 Å². The highest BCUT2D eigenvalue weighted by Gasteiger charge is 2.35. The lowest BCUT2D eigenvalue weighted by Crippen LogP contribution is -2.48. The summed E-state index contributed by atoms with van der Waals surface area (Å²) in [7, 11) is 0. The van der Waals surface area contributed by atoms with Gasteiger partial charge in [0.1, 0.15) is 22.2 Å². The van der Waals surface area contributed by atoms with Crippen LogP contribution < -0.4 is 11.3 Å². The molecule has 8 nitrogen and oxygen atoms in total. The molecule has 0 aromatic carbocycles. The summed E-state index contributed by atoms with van der Waals surface area (Å²) in [6, 6.07) is 3.04. The number of hydrogen-bond acceptors (Lipinski definition) is 6. The molecule has 3 aromatic heterocycles. The largest absolute Gasteiger partial charge is 0.392 e. The topological polar surface area (TPSA) is 106 Å². The first-order valence-corrected chi connectivity index (χ1v) is 11.4. The highest BCUT2D eigenvalue weighted by molar-refractivity contribution is 7.16. The quantitative estimate of drug-likeness (QED) is 0.621. The van der Waals surface area contributed by atoms with Gasteiger partial charge in [-0.25, -0.2) is 4.68 Å². The second kappa shape index (κ2) is 8.13. The van der Waals surface area contributed by atoms with Crippen molar-refractivity contribution in [3.8, 4) is 0 Å². The van der Waals surface area contributed by atoms with Gasteiger partial charge in [0.2, 0.25) is 5.91 Å². The molecule has 3 N–H and O–H groups in total. The van der Waals surface area contributed by atoms with Gasteiger partial charge in [-0.15, -0.1) is 11.3 Å². The Morgan fingerprint density at radius 3 is 2.83 bits per heavy atom.